The van der Waals surface area contributed by atoms with E-state index in [1.54, 1.807) is 24.5 Å². The van der Waals surface area contributed by atoms with E-state index in [0.29, 0.717) is 16.9 Å². The van der Waals surface area contributed by atoms with E-state index < -0.39 is 0 Å². The molecule has 0 radical (unpaired) electrons. The highest BCUT2D eigenvalue weighted by molar-refractivity contribution is 6.00. The number of pyridine rings is 1. The molecule has 4 rings (SSSR count). The second kappa shape index (κ2) is 12.7. The van der Waals surface area contributed by atoms with Gasteiger partial charge in [-0.2, -0.15) is 0 Å². The van der Waals surface area contributed by atoms with Crippen molar-refractivity contribution < 1.29 is 14.7 Å². The van der Waals surface area contributed by atoms with Crippen molar-refractivity contribution in [2.24, 2.45) is 11.8 Å². The van der Waals surface area contributed by atoms with Crippen LogP contribution in [-0.4, -0.2) is 28.5 Å². The summed E-state index contributed by atoms with van der Waals surface area (Å²) in [4.78, 5) is 29.0. The summed E-state index contributed by atoms with van der Waals surface area (Å²) in [6.07, 6.45) is 7.14. The van der Waals surface area contributed by atoms with Crippen LogP contribution in [0.5, 0.6) is 0 Å². The van der Waals surface area contributed by atoms with Crippen molar-refractivity contribution >= 4 is 23.2 Å². The lowest BCUT2D eigenvalue weighted by atomic mass is 9.76. The van der Waals surface area contributed by atoms with Gasteiger partial charge in [-0.05, 0) is 54.2 Å². The second-order valence-corrected chi connectivity index (χ2v) is 8.17. The molecule has 1 fully saturated rings. The quantitative estimate of drug-likeness (QED) is 0.372. The van der Waals surface area contributed by atoms with Crippen molar-refractivity contribution in [3.8, 4) is 11.1 Å². The average molecular weight is 460 g/mol. The molecule has 0 bridgehead atoms. The Labute approximate surface area is 201 Å². The van der Waals surface area contributed by atoms with Gasteiger partial charge >= 0.3 is 6.03 Å². The Morgan fingerprint density at radius 1 is 0.882 bits per heavy atom. The van der Waals surface area contributed by atoms with Crippen LogP contribution in [0, 0.1) is 11.8 Å². The zero-order valence-corrected chi connectivity index (χ0v) is 19.8. The molecule has 1 aliphatic carbocycles. The fourth-order valence-corrected chi connectivity index (χ4v) is 4.29. The van der Waals surface area contributed by atoms with E-state index in [1.807, 2.05) is 62.4 Å². The summed E-state index contributed by atoms with van der Waals surface area (Å²) in [5.41, 5.74) is 3.98. The summed E-state index contributed by atoms with van der Waals surface area (Å²) in [7, 11) is 0. The monoisotopic (exact) mass is 459 g/mol. The van der Waals surface area contributed by atoms with Gasteiger partial charge in [-0.15, -0.1) is 0 Å². The van der Waals surface area contributed by atoms with Crippen LogP contribution in [0.1, 0.15) is 49.9 Å². The Bertz CT molecular complexity index is 1050. The number of rotatable bonds is 6. The van der Waals surface area contributed by atoms with Crippen LogP contribution in [0.4, 0.5) is 16.2 Å². The number of nitrogens with one attached hydrogen (secondary N) is 2. The molecule has 34 heavy (non-hydrogen) atoms. The van der Waals surface area contributed by atoms with Crippen LogP contribution in [0.25, 0.3) is 11.1 Å². The number of hydrogen-bond acceptors (Lipinski definition) is 4. The van der Waals surface area contributed by atoms with Gasteiger partial charge < -0.3 is 15.7 Å². The lowest BCUT2D eigenvalue weighted by Crippen LogP contribution is -2.29. The lowest BCUT2D eigenvalue weighted by molar-refractivity contribution is 0.0738. The Kier molecular flexibility index (Phi) is 9.35. The van der Waals surface area contributed by atoms with E-state index in [4.69, 9.17) is 0 Å². The molecule has 1 aromatic heterocycles. The number of anilines is 2. The first-order valence-electron chi connectivity index (χ1n) is 12.0. The molecule has 2 atom stereocenters. The van der Waals surface area contributed by atoms with Gasteiger partial charge in [-0.25, -0.2) is 4.79 Å². The molecule has 3 aromatic rings. The molecule has 2 amide bonds. The number of urea groups is 1. The van der Waals surface area contributed by atoms with Crippen LogP contribution in [0.2, 0.25) is 0 Å². The van der Waals surface area contributed by atoms with E-state index in [0.717, 1.165) is 36.8 Å². The first-order chi connectivity index (χ1) is 16.6. The topological polar surface area (TPSA) is 91.3 Å². The van der Waals surface area contributed by atoms with Gasteiger partial charge in [0, 0.05) is 30.0 Å². The smallest absolute Gasteiger partial charge is 0.323 e. The van der Waals surface area contributed by atoms with Crippen LogP contribution in [0.15, 0.2) is 73.1 Å². The van der Waals surface area contributed by atoms with Crippen molar-refractivity contribution in [1.82, 2.24) is 4.98 Å². The number of Topliss-reactive ketones (excluding diaryl/α,β-unsaturated/α-hetero) is 1. The second-order valence-electron chi connectivity index (χ2n) is 8.17. The Morgan fingerprint density at radius 3 is 2.12 bits per heavy atom. The molecule has 0 spiro atoms. The Balaban J connectivity index is 0.00000158. The van der Waals surface area contributed by atoms with Crippen LogP contribution >= 0.6 is 0 Å². The van der Waals surface area contributed by atoms with Crippen molar-refractivity contribution in [2.45, 2.75) is 39.5 Å². The highest BCUT2D eigenvalue weighted by Gasteiger charge is 2.30. The summed E-state index contributed by atoms with van der Waals surface area (Å²) in [6, 6.07) is 18.4. The SMILES string of the molecule is CC.O=C(Nc1ccc(-c2ccc(C(=O)C3CCCCC3CO)cc2)cc1)Nc1cccnc1. The van der Waals surface area contributed by atoms with E-state index >= 15 is 0 Å². The Hall–Kier alpha value is -3.51. The minimum atomic E-state index is -0.336. The summed E-state index contributed by atoms with van der Waals surface area (Å²) < 4.78 is 0. The maximum absolute atomic E-state index is 12.9. The number of nitrogens with zero attached hydrogens (tertiary/aromatic N) is 1. The minimum absolute atomic E-state index is 0.0753. The van der Waals surface area contributed by atoms with Gasteiger partial charge in [0.25, 0.3) is 0 Å². The molecular formula is C28H33N3O3. The number of aliphatic hydroxyl groups is 1. The van der Waals surface area contributed by atoms with Gasteiger partial charge in [-0.3, -0.25) is 9.78 Å². The third-order valence-corrected chi connectivity index (χ3v) is 6.05. The third-order valence-electron chi connectivity index (χ3n) is 6.05. The predicted molar refractivity (Wildman–Crippen MR) is 137 cm³/mol. The van der Waals surface area contributed by atoms with E-state index in [1.165, 1.54) is 0 Å². The molecule has 0 saturated heterocycles. The molecule has 2 aromatic carbocycles. The standard InChI is InChI=1S/C26H27N3O3.C2H6/c30-17-21-4-1-2-6-24(21)25(31)20-9-7-18(8-10-20)19-11-13-22(14-12-19)28-26(32)29-23-5-3-15-27-16-23;1-2/h3,5,7-16,21,24,30H,1-2,4,6,17H2,(H2,28,29,32);1-2H3. The average Bonchev–Trinajstić information content (AvgIpc) is 2.90. The zero-order chi connectivity index (χ0) is 24.3. The fraction of sp³-hybridized carbons (Fsp3) is 0.321. The molecule has 6 nitrogen and oxygen atoms in total. The van der Waals surface area contributed by atoms with E-state index in [2.05, 4.69) is 15.6 Å². The number of amides is 2. The largest absolute Gasteiger partial charge is 0.396 e. The van der Waals surface area contributed by atoms with E-state index in [-0.39, 0.29) is 30.3 Å². The minimum Gasteiger partial charge on any atom is -0.396 e. The molecule has 1 aliphatic rings. The highest BCUT2D eigenvalue weighted by Crippen LogP contribution is 2.33. The summed E-state index contributed by atoms with van der Waals surface area (Å²) in [5.74, 6) is 0.128. The number of benzene rings is 2. The number of ketones is 1. The fourth-order valence-electron chi connectivity index (χ4n) is 4.29. The van der Waals surface area contributed by atoms with Crippen molar-refractivity contribution in [2.75, 3.05) is 17.2 Å². The number of aromatic nitrogens is 1. The lowest BCUT2D eigenvalue weighted by Gasteiger charge is -2.29. The van der Waals surface area contributed by atoms with Gasteiger partial charge in [-0.1, -0.05) is 63.1 Å². The van der Waals surface area contributed by atoms with Crippen LogP contribution < -0.4 is 10.6 Å². The normalized spacial score (nSPS) is 17.1. The maximum Gasteiger partial charge on any atom is 0.323 e. The zero-order valence-electron chi connectivity index (χ0n) is 19.8. The molecule has 178 valence electrons. The molecule has 2 unspecified atom stereocenters. The molecule has 3 N–H and O–H groups in total. The predicted octanol–water partition coefficient (Wildman–Crippen LogP) is 6.40. The van der Waals surface area contributed by atoms with Crippen molar-refractivity contribution in [3.63, 3.8) is 0 Å². The third kappa shape index (κ3) is 6.51. The number of aliphatic hydroxyl groups excluding tert-OH is 1. The Morgan fingerprint density at radius 2 is 1.50 bits per heavy atom. The van der Waals surface area contributed by atoms with Gasteiger partial charge in [0.1, 0.15) is 0 Å². The van der Waals surface area contributed by atoms with Gasteiger partial charge in [0.2, 0.25) is 0 Å². The van der Waals surface area contributed by atoms with Gasteiger partial charge in [0.05, 0.1) is 11.9 Å². The van der Waals surface area contributed by atoms with Crippen LogP contribution in [0.3, 0.4) is 0 Å². The van der Waals surface area contributed by atoms with Crippen molar-refractivity contribution in [3.05, 3.63) is 78.6 Å². The van der Waals surface area contributed by atoms with Crippen LogP contribution in [-0.2, 0) is 0 Å². The summed E-state index contributed by atoms with van der Waals surface area (Å²) in [5, 5.41) is 15.1. The maximum atomic E-state index is 12.9. The molecule has 1 saturated carbocycles. The number of carbonyl (C=O) groups is 2. The highest BCUT2D eigenvalue weighted by atomic mass is 16.3. The summed E-state index contributed by atoms with van der Waals surface area (Å²) >= 11 is 0. The first kappa shape index (κ1) is 25.1. The number of carbonyl (C=O) groups excluding carboxylic acids is 2. The van der Waals surface area contributed by atoms with Gasteiger partial charge in [0.15, 0.2) is 5.78 Å². The molecule has 6 heteroatoms. The van der Waals surface area contributed by atoms with Crippen molar-refractivity contribution in [1.29, 1.82) is 0 Å². The molecular weight excluding hydrogens is 426 g/mol. The summed E-state index contributed by atoms with van der Waals surface area (Å²) in [6.45, 7) is 4.08. The molecule has 1 heterocycles. The first-order valence-corrected chi connectivity index (χ1v) is 12.0. The van der Waals surface area contributed by atoms with E-state index in [9.17, 15) is 14.7 Å². The molecule has 0 aliphatic heterocycles. The number of hydrogen-bond donors (Lipinski definition) is 3.